The molecule has 2 aliphatic rings. The Hall–Kier alpha value is -1.36. The third kappa shape index (κ3) is 4.48. The number of rotatable bonds is 7. The first kappa shape index (κ1) is 19.4. The van der Waals surface area contributed by atoms with Crippen LogP contribution < -0.4 is 5.32 Å². The summed E-state index contributed by atoms with van der Waals surface area (Å²) in [5.41, 5.74) is 1.75. The van der Waals surface area contributed by atoms with Gasteiger partial charge in [0, 0.05) is 11.3 Å². The molecule has 0 saturated heterocycles. The minimum atomic E-state index is -0.282. The van der Waals surface area contributed by atoms with Crippen LogP contribution in [0.4, 0.5) is 5.00 Å². The molecule has 1 saturated carbocycles. The number of amides is 1. The second-order valence-corrected chi connectivity index (χ2v) is 8.83. The van der Waals surface area contributed by atoms with Crippen LogP contribution in [0.5, 0.6) is 0 Å². The van der Waals surface area contributed by atoms with Crippen molar-refractivity contribution < 1.29 is 14.3 Å². The molecule has 1 aromatic rings. The van der Waals surface area contributed by atoms with Crippen molar-refractivity contribution in [1.82, 2.24) is 0 Å². The molecule has 5 heteroatoms. The zero-order valence-corrected chi connectivity index (χ0v) is 16.9. The van der Waals surface area contributed by atoms with Crippen molar-refractivity contribution >= 4 is 28.2 Å². The molecule has 3 rings (SSSR count). The van der Waals surface area contributed by atoms with E-state index in [-0.39, 0.29) is 11.9 Å². The predicted molar refractivity (Wildman–Crippen MR) is 106 cm³/mol. The van der Waals surface area contributed by atoms with Crippen LogP contribution in [0.15, 0.2) is 0 Å². The number of carbonyl (C=O) groups excluding carboxylic acids is 2. The lowest BCUT2D eigenvalue weighted by molar-refractivity contribution is -0.117. The number of esters is 1. The highest BCUT2D eigenvalue weighted by Crippen LogP contribution is 2.41. The molecule has 0 spiro atoms. The first-order valence-electron chi connectivity index (χ1n) is 10.2. The first-order chi connectivity index (χ1) is 12.6. The number of carbonyl (C=O) groups is 2. The fraction of sp³-hybridized carbons (Fsp3) is 0.714. The van der Waals surface area contributed by atoms with Crippen molar-refractivity contribution in [1.29, 1.82) is 0 Å². The van der Waals surface area contributed by atoms with Gasteiger partial charge >= 0.3 is 5.97 Å². The quantitative estimate of drug-likeness (QED) is 0.652. The molecule has 26 heavy (non-hydrogen) atoms. The number of fused-ring (bicyclic) bond motifs is 1. The molecule has 144 valence electrons. The summed E-state index contributed by atoms with van der Waals surface area (Å²) in [5.74, 6) is 0.967. The average Bonchev–Trinajstić information content (AvgIpc) is 3.22. The van der Waals surface area contributed by atoms with E-state index < -0.39 is 0 Å². The van der Waals surface area contributed by atoms with E-state index in [1.54, 1.807) is 11.3 Å². The van der Waals surface area contributed by atoms with Crippen molar-refractivity contribution in [2.24, 2.45) is 11.8 Å². The molecule has 1 heterocycles. The van der Waals surface area contributed by atoms with Crippen LogP contribution >= 0.6 is 11.3 Å². The second kappa shape index (κ2) is 9.03. The molecular formula is C21H31NO3S. The molecule has 1 amide bonds. The molecule has 0 radical (unpaired) electrons. The van der Waals surface area contributed by atoms with Crippen LogP contribution in [0.25, 0.3) is 0 Å². The minimum absolute atomic E-state index is 0.0474. The number of nitrogens with one attached hydrogen (secondary N) is 1. The summed E-state index contributed by atoms with van der Waals surface area (Å²) in [5, 5.41) is 3.78. The molecule has 2 aliphatic carbocycles. The second-order valence-electron chi connectivity index (χ2n) is 7.73. The first-order valence-corrected chi connectivity index (χ1v) is 11.1. The zero-order valence-electron chi connectivity index (χ0n) is 16.1. The normalized spacial score (nSPS) is 20.0. The van der Waals surface area contributed by atoms with Gasteiger partial charge in [0.15, 0.2) is 0 Å². The fourth-order valence-electron chi connectivity index (χ4n) is 4.47. The van der Waals surface area contributed by atoms with Crippen LogP contribution in [-0.4, -0.2) is 18.5 Å². The van der Waals surface area contributed by atoms with Crippen molar-refractivity contribution in [3.63, 3.8) is 0 Å². The summed E-state index contributed by atoms with van der Waals surface area (Å²) in [6.45, 7) is 4.41. The van der Waals surface area contributed by atoms with E-state index in [0.717, 1.165) is 37.7 Å². The fourth-order valence-corrected chi connectivity index (χ4v) is 5.84. The van der Waals surface area contributed by atoms with Gasteiger partial charge < -0.3 is 10.1 Å². The number of hydrogen-bond donors (Lipinski definition) is 1. The van der Waals surface area contributed by atoms with Gasteiger partial charge in [0.05, 0.1) is 12.2 Å². The highest BCUT2D eigenvalue weighted by atomic mass is 32.1. The molecular weight excluding hydrogens is 346 g/mol. The maximum atomic E-state index is 12.6. The third-order valence-corrected chi connectivity index (χ3v) is 6.92. The van der Waals surface area contributed by atoms with Crippen LogP contribution in [0.1, 0.15) is 86.0 Å². The van der Waals surface area contributed by atoms with Gasteiger partial charge in [-0.3, -0.25) is 4.79 Å². The van der Waals surface area contributed by atoms with E-state index >= 15 is 0 Å². The molecule has 0 bridgehead atoms. The molecule has 0 aromatic carbocycles. The van der Waals surface area contributed by atoms with Gasteiger partial charge in [0.2, 0.25) is 5.91 Å². The molecule has 1 aromatic heterocycles. The van der Waals surface area contributed by atoms with Gasteiger partial charge in [-0.15, -0.1) is 11.3 Å². The van der Waals surface area contributed by atoms with Gasteiger partial charge in [-0.25, -0.2) is 4.79 Å². The summed E-state index contributed by atoms with van der Waals surface area (Å²) in [4.78, 5) is 26.4. The molecule has 1 atom stereocenters. The highest BCUT2D eigenvalue weighted by molar-refractivity contribution is 7.17. The van der Waals surface area contributed by atoms with Crippen molar-refractivity contribution in [2.75, 3.05) is 11.9 Å². The SMILES string of the molecule is CCC[C@@H]1CCc2c(sc(NC(=O)CC3CCCC3)c2C(=O)OCC)C1. The van der Waals surface area contributed by atoms with Crippen molar-refractivity contribution in [3.8, 4) is 0 Å². The van der Waals surface area contributed by atoms with E-state index in [1.807, 2.05) is 6.92 Å². The van der Waals surface area contributed by atoms with E-state index in [1.165, 1.54) is 30.6 Å². The van der Waals surface area contributed by atoms with Crippen LogP contribution in [0, 0.1) is 11.8 Å². The summed E-state index contributed by atoms with van der Waals surface area (Å²) in [7, 11) is 0. The Labute approximate surface area is 160 Å². The molecule has 4 nitrogen and oxygen atoms in total. The monoisotopic (exact) mass is 377 g/mol. The lowest BCUT2D eigenvalue weighted by Crippen LogP contribution is -2.18. The van der Waals surface area contributed by atoms with Gasteiger partial charge in [0.25, 0.3) is 0 Å². The highest BCUT2D eigenvalue weighted by Gasteiger charge is 2.30. The van der Waals surface area contributed by atoms with Crippen molar-refractivity contribution in [3.05, 3.63) is 16.0 Å². The molecule has 0 aliphatic heterocycles. The summed E-state index contributed by atoms with van der Waals surface area (Å²) in [6, 6.07) is 0. The average molecular weight is 378 g/mol. The van der Waals surface area contributed by atoms with Gasteiger partial charge in [0.1, 0.15) is 5.00 Å². The number of thiophene rings is 1. The Morgan fingerprint density at radius 1 is 1.15 bits per heavy atom. The third-order valence-electron chi connectivity index (χ3n) is 5.75. The van der Waals surface area contributed by atoms with E-state index in [0.29, 0.717) is 35.4 Å². The van der Waals surface area contributed by atoms with Gasteiger partial charge in [-0.05, 0) is 56.4 Å². The van der Waals surface area contributed by atoms with E-state index in [2.05, 4.69) is 12.2 Å². The van der Waals surface area contributed by atoms with Gasteiger partial charge in [-0.2, -0.15) is 0 Å². The minimum Gasteiger partial charge on any atom is -0.462 e. The van der Waals surface area contributed by atoms with Crippen LogP contribution in [0.2, 0.25) is 0 Å². The van der Waals surface area contributed by atoms with Crippen LogP contribution in [0.3, 0.4) is 0 Å². The Balaban J connectivity index is 1.78. The summed E-state index contributed by atoms with van der Waals surface area (Å²) in [6.07, 6.45) is 10.8. The topological polar surface area (TPSA) is 55.4 Å². The standard InChI is InChI=1S/C21H31NO3S/c1-3-7-14-10-11-16-17(12-14)26-20(19(16)21(24)25-4-2)22-18(23)13-15-8-5-6-9-15/h14-15H,3-13H2,1-2H3,(H,22,23)/t14-/m1/s1. The number of ether oxygens (including phenoxy) is 1. The largest absolute Gasteiger partial charge is 0.462 e. The lowest BCUT2D eigenvalue weighted by Gasteiger charge is -2.21. The lowest BCUT2D eigenvalue weighted by atomic mass is 9.84. The van der Waals surface area contributed by atoms with E-state index in [9.17, 15) is 9.59 Å². The predicted octanol–water partition coefficient (Wildman–Crippen LogP) is 5.35. The smallest absolute Gasteiger partial charge is 0.341 e. The Morgan fingerprint density at radius 3 is 2.62 bits per heavy atom. The van der Waals surface area contributed by atoms with E-state index in [4.69, 9.17) is 4.74 Å². The van der Waals surface area contributed by atoms with Crippen molar-refractivity contribution in [2.45, 2.75) is 78.1 Å². The Morgan fingerprint density at radius 2 is 1.92 bits per heavy atom. The number of hydrogen-bond acceptors (Lipinski definition) is 4. The molecule has 0 unspecified atom stereocenters. The Bertz CT molecular complexity index is 646. The summed E-state index contributed by atoms with van der Waals surface area (Å²) < 4.78 is 5.30. The molecule has 1 fully saturated rings. The Kier molecular flexibility index (Phi) is 6.74. The maximum absolute atomic E-state index is 12.6. The zero-order chi connectivity index (χ0) is 18.5. The maximum Gasteiger partial charge on any atom is 0.341 e. The van der Waals surface area contributed by atoms with Gasteiger partial charge in [-0.1, -0.05) is 32.6 Å². The molecule has 1 N–H and O–H groups in total. The van der Waals surface area contributed by atoms with Crippen LogP contribution in [-0.2, 0) is 22.4 Å². The number of anilines is 1. The summed E-state index contributed by atoms with van der Waals surface area (Å²) >= 11 is 1.60.